The van der Waals surface area contributed by atoms with Crippen LogP contribution in [0.15, 0.2) is 27.6 Å². The van der Waals surface area contributed by atoms with E-state index in [2.05, 4.69) is 23.2 Å². The average molecular weight is 410 g/mol. The van der Waals surface area contributed by atoms with Crippen LogP contribution in [0.3, 0.4) is 0 Å². The Bertz CT molecular complexity index is 1100. The average Bonchev–Trinajstić information content (AvgIpc) is 2.98. The van der Waals surface area contributed by atoms with Gasteiger partial charge in [-0.3, -0.25) is 0 Å². The lowest BCUT2D eigenvalue weighted by molar-refractivity contribution is 0.333. The Morgan fingerprint density at radius 1 is 1.19 bits per heavy atom. The summed E-state index contributed by atoms with van der Waals surface area (Å²) >= 11 is 0. The van der Waals surface area contributed by atoms with Gasteiger partial charge in [0.15, 0.2) is 10.7 Å². The molecule has 1 aliphatic heterocycles. The molecule has 3 heterocycles. The van der Waals surface area contributed by atoms with E-state index < -0.39 is 10.0 Å². The molecule has 0 saturated heterocycles. The van der Waals surface area contributed by atoms with Crippen LogP contribution in [0.2, 0.25) is 0 Å². The van der Waals surface area contributed by atoms with Crippen LogP contribution in [0.25, 0.3) is 10.9 Å². The molecule has 2 aromatic heterocycles. The quantitative estimate of drug-likeness (QED) is 0.647. The number of nitrogens with zero attached hydrogens (tertiary/aromatic N) is 3. The molecule has 27 heavy (non-hydrogen) atoms. The number of rotatable bonds is 2. The first-order valence-corrected chi connectivity index (χ1v) is 10.2. The molecule has 3 aromatic rings. The smallest absolute Gasteiger partial charge is 0.273 e. The summed E-state index contributed by atoms with van der Waals surface area (Å²) in [5.74, 6) is 0.330. The third kappa shape index (κ3) is 3.07. The fraction of sp³-hybridized carbons (Fsp3) is 0.421. The van der Waals surface area contributed by atoms with Crippen LogP contribution in [0, 0.1) is 20.8 Å². The van der Waals surface area contributed by atoms with E-state index in [1.165, 1.54) is 3.97 Å². The van der Waals surface area contributed by atoms with Crippen molar-refractivity contribution < 1.29 is 12.9 Å². The highest BCUT2D eigenvalue weighted by molar-refractivity contribution is 7.90. The van der Waals surface area contributed by atoms with Crippen molar-refractivity contribution in [3.8, 4) is 0 Å². The Morgan fingerprint density at radius 3 is 2.59 bits per heavy atom. The standard InChI is InChI=1S/C19H23N3O3S.ClH/c1-12-7-8-18-15(10-12)16-11-21(4)9-5-6-17(16)22(18)26(23,24)19-13(2)20-25-14(19)3;/h7-8,10H,5-6,9,11H2,1-4H3;1H. The summed E-state index contributed by atoms with van der Waals surface area (Å²) < 4.78 is 33.9. The molecule has 0 unspecified atom stereocenters. The summed E-state index contributed by atoms with van der Waals surface area (Å²) in [6, 6.07) is 5.96. The van der Waals surface area contributed by atoms with Gasteiger partial charge in [-0.2, -0.15) is 0 Å². The molecule has 8 heteroatoms. The van der Waals surface area contributed by atoms with Crippen LogP contribution in [0.1, 0.15) is 34.7 Å². The zero-order valence-electron chi connectivity index (χ0n) is 15.9. The van der Waals surface area contributed by atoms with Gasteiger partial charge in [0.1, 0.15) is 5.69 Å². The van der Waals surface area contributed by atoms with E-state index in [-0.39, 0.29) is 17.3 Å². The lowest BCUT2D eigenvalue weighted by atomic mass is 10.1. The van der Waals surface area contributed by atoms with Gasteiger partial charge in [-0.05, 0) is 64.9 Å². The van der Waals surface area contributed by atoms with Crippen molar-refractivity contribution in [1.29, 1.82) is 0 Å². The van der Waals surface area contributed by atoms with Crippen LogP contribution in [0.4, 0.5) is 0 Å². The lowest BCUT2D eigenvalue weighted by Crippen LogP contribution is -2.17. The zero-order chi connectivity index (χ0) is 18.6. The molecule has 0 fully saturated rings. The van der Waals surface area contributed by atoms with E-state index in [1.54, 1.807) is 13.8 Å². The Kier molecular flexibility index (Phi) is 5.14. The van der Waals surface area contributed by atoms with Crippen LogP contribution < -0.4 is 0 Å². The molecule has 0 spiro atoms. The van der Waals surface area contributed by atoms with E-state index in [9.17, 15) is 8.42 Å². The predicted molar refractivity (Wildman–Crippen MR) is 107 cm³/mol. The monoisotopic (exact) mass is 409 g/mol. The van der Waals surface area contributed by atoms with E-state index in [0.717, 1.165) is 53.7 Å². The van der Waals surface area contributed by atoms with E-state index >= 15 is 0 Å². The van der Waals surface area contributed by atoms with Crippen LogP contribution in [-0.4, -0.2) is 36.0 Å². The summed E-state index contributed by atoms with van der Waals surface area (Å²) in [5.41, 5.74) is 4.25. The zero-order valence-corrected chi connectivity index (χ0v) is 17.6. The fourth-order valence-electron chi connectivity index (χ4n) is 4.00. The summed E-state index contributed by atoms with van der Waals surface area (Å²) in [6.07, 6.45) is 1.66. The highest BCUT2D eigenvalue weighted by Crippen LogP contribution is 2.35. The van der Waals surface area contributed by atoms with Gasteiger partial charge in [0.2, 0.25) is 0 Å². The van der Waals surface area contributed by atoms with Gasteiger partial charge < -0.3 is 9.42 Å². The molecular formula is C19H24ClN3O3S. The highest BCUT2D eigenvalue weighted by atomic mass is 35.5. The van der Waals surface area contributed by atoms with Gasteiger partial charge >= 0.3 is 0 Å². The van der Waals surface area contributed by atoms with Crippen molar-refractivity contribution in [2.45, 2.75) is 45.1 Å². The van der Waals surface area contributed by atoms with Crippen LogP contribution in [0.5, 0.6) is 0 Å². The molecule has 6 nitrogen and oxygen atoms in total. The first kappa shape index (κ1) is 19.9. The second-order valence-corrected chi connectivity index (χ2v) is 8.93. The Balaban J connectivity index is 0.00000210. The molecule has 0 radical (unpaired) electrons. The normalized spacial score (nSPS) is 15.4. The number of aromatic nitrogens is 2. The number of fused-ring (bicyclic) bond motifs is 3. The van der Waals surface area contributed by atoms with Crippen molar-refractivity contribution >= 4 is 33.3 Å². The number of hydrogen-bond acceptors (Lipinski definition) is 5. The first-order chi connectivity index (χ1) is 12.3. The first-order valence-electron chi connectivity index (χ1n) is 8.80. The van der Waals surface area contributed by atoms with Crippen molar-refractivity contribution in [1.82, 2.24) is 14.0 Å². The van der Waals surface area contributed by atoms with Gasteiger partial charge in [0, 0.05) is 17.6 Å². The van der Waals surface area contributed by atoms with Crippen molar-refractivity contribution in [2.75, 3.05) is 13.6 Å². The highest BCUT2D eigenvalue weighted by Gasteiger charge is 2.32. The molecule has 146 valence electrons. The predicted octanol–water partition coefficient (Wildman–Crippen LogP) is 3.59. The van der Waals surface area contributed by atoms with Gasteiger partial charge in [-0.25, -0.2) is 12.4 Å². The lowest BCUT2D eigenvalue weighted by Gasteiger charge is -2.12. The third-order valence-corrected chi connectivity index (χ3v) is 7.13. The second kappa shape index (κ2) is 6.96. The van der Waals surface area contributed by atoms with Crippen LogP contribution in [-0.2, 0) is 23.0 Å². The Labute approximate surface area is 165 Å². The molecule has 0 saturated carbocycles. The van der Waals surface area contributed by atoms with E-state index in [0.29, 0.717) is 11.5 Å². The van der Waals surface area contributed by atoms with Crippen LogP contribution >= 0.6 is 12.4 Å². The minimum Gasteiger partial charge on any atom is -0.360 e. The summed E-state index contributed by atoms with van der Waals surface area (Å²) in [4.78, 5) is 2.43. The molecule has 4 rings (SSSR count). The summed E-state index contributed by atoms with van der Waals surface area (Å²) in [7, 11) is -1.71. The molecule has 1 aromatic carbocycles. The number of benzene rings is 1. The van der Waals surface area contributed by atoms with Crippen molar-refractivity contribution in [3.63, 3.8) is 0 Å². The number of hydrogen-bond donors (Lipinski definition) is 0. The van der Waals surface area contributed by atoms with Crippen molar-refractivity contribution in [3.05, 3.63) is 46.5 Å². The molecule has 0 aliphatic carbocycles. The van der Waals surface area contributed by atoms with Gasteiger partial charge in [-0.15, -0.1) is 12.4 Å². The van der Waals surface area contributed by atoms with Gasteiger partial charge in [0.25, 0.3) is 10.0 Å². The van der Waals surface area contributed by atoms with E-state index in [4.69, 9.17) is 4.52 Å². The number of aryl methyl sites for hydroxylation is 3. The summed E-state index contributed by atoms with van der Waals surface area (Å²) in [5, 5.41) is 4.87. The molecular weight excluding hydrogens is 386 g/mol. The molecule has 0 bridgehead atoms. The Hall–Kier alpha value is -1.83. The SMILES string of the molecule is Cc1ccc2c(c1)c1c(n2S(=O)(=O)c2c(C)noc2C)CCCN(C)C1.Cl. The molecule has 0 amide bonds. The Morgan fingerprint density at radius 2 is 1.93 bits per heavy atom. The molecule has 0 atom stereocenters. The molecule has 1 aliphatic rings. The maximum atomic E-state index is 13.6. The third-order valence-electron chi connectivity index (χ3n) is 5.14. The van der Waals surface area contributed by atoms with Crippen molar-refractivity contribution in [2.24, 2.45) is 0 Å². The minimum absolute atomic E-state index is 0. The fourth-order valence-corrected chi connectivity index (χ4v) is 5.90. The molecule has 0 N–H and O–H groups in total. The summed E-state index contributed by atoms with van der Waals surface area (Å²) in [6.45, 7) is 7.06. The second-order valence-electron chi connectivity index (χ2n) is 7.21. The number of halogens is 1. The topological polar surface area (TPSA) is 68.3 Å². The van der Waals surface area contributed by atoms with Gasteiger partial charge in [-0.1, -0.05) is 16.8 Å². The largest absolute Gasteiger partial charge is 0.360 e. The van der Waals surface area contributed by atoms with E-state index in [1.807, 2.05) is 19.1 Å². The minimum atomic E-state index is -3.79. The van der Waals surface area contributed by atoms with Gasteiger partial charge in [0.05, 0.1) is 5.52 Å². The maximum Gasteiger partial charge on any atom is 0.273 e. The maximum absolute atomic E-state index is 13.6.